The van der Waals surface area contributed by atoms with Gasteiger partial charge in [-0.15, -0.1) is 0 Å². The molecule has 0 radical (unpaired) electrons. The lowest BCUT2D eigenvalue weighted by Crippen LogP contribution is -2.52. The number of piperazine rings is 1. The molecule has 0 aliphatic carbocycles. The molecule has 2 aliphatic rings. The molecule has 26 heavy (non-hydrogen) atoms. The van der Waals surface area contributed by atoms with E-state index in [0.717, 1.165) is 36.9 Å². The summed E-state index contributed by atoms with van der Waals surface area (Å²) in [5.74, 6) is 0.894. The van der Waals surface area contributed by atoms with Crippen LogP contribution < -0.4 is 0 Å². The van der Waals surface area contributed by atoms with E-state index in [9.17, 15) is 14.4 Å². The van der Waals surface area contributed by atoms with Crippen LogP contribution in [0.2, 0.25) is 0 Å². The minimum absolute atomic E-state index is 0.107. The van der Waals surface area contributed by atoms with Crippen molar-refractivity contribution in [2.45, 2.75) is 39.2 Å². The number of imidazole rings is 1. The van der Waals surface area contributed by atoms with E-state index in [1.807, 2.05) is 12.4 Å². The van der Waals surface area contributed by atoms with Gasteiger partial charge in [-0.2, -0.15) is 0 Å². The van der Waals surface area contributed by atoms with E-state index in [1.165, 1.54) is 0 Å². The van der Waals surface area contributed by atoms with Crippen molar-refractivity contribution < 1.29 is 14.4 Å². The summed E-state index contributed by atoms with van der Waals surface area (Å²) in [5.41, 5.74) is 0. The molecule has 2 fully saturated rings. The van der Waals surface area contributed by atoms with Crippen LogP contribution in [0.25, 0.3) is 0 Å². The van der Waals surface area contributed by atoms with Gasteiger partial charge in [-0.1, -0.05) is 13.8 Å². The fourth-order valence-corrected chi connectivity index (χ4v) is 3.52. The smallest absolute Gasteiger partial charge is 0.242 e. The zero-order chi connectivity index (χ0) is 18.7. The second-order valence-corrected chi connectivity index (χ2v) is 7.23. The molecular weight excluding hydrogens is 334 g/mol. The molecule has 0 saturated carbocycles. The molecule has 2 saturated heterocycles. The van der Waals surface area contributed by atoms with E-state index in [2.05, 4.69) is 28.3 Å². The van der Waals surface area contributed by atoms with Crippen molar-refractivity contribution in [3.63, 3.8) is 0 Å². The first-order valence-corrected chi connectivity index (χ1v) is 9.30. The van der Waals surface area contributed by atoms with Crippen molar-refractivity contribution in [2.24, 2.45) is 0 Å². The summed E-state index contributed by atoms with van der Waals surface area (Å²) in [6.07, 6.45) is 4.31. The summed E-state index contributed by atoms with van der Waals surface area (Å²) >= 11 is 0. The molecule has 3 rings (SSSR count). The second kappa shape index (κ2) is 7.99. The van der Waals surface area contributed by atoms with Gasteiger partial charge in [0.25, 0.3) is 0 Å². The van der Waals surface area contributed by atoms with Gasteiger partial charge in [0, 0.05) is 70.4 Å². The Balaban J connectivity index is 1.44. The van der Waals surface area contributed by atoms with Crippen molar-refractivity contribution in [1.82, 2.24) is 24.3 Å². The van der Waals surface area contributed by atoms with Gasteiger partial charge in [0.15, 0.2) is 0 Å². The van der Waals surface area contributed by atoms with E-state index in [-0.39, 0.29) is 37.1 Å². The summed E-state index contributed by atoms with van der Waals surface area (Å²) < 4.78 is 2.19. The number of rotatable bonds is 6. The van der Waals surface area contributed by atoms with Gasteiger partial charge in [0.2, 0.25) is 17.7 Å². The number of carbonyl (C=O) groups is 3. The summed E-state index contributed by atoms with van der Waals surface area (Å²) in [6, 6.07) is 0. The number of nitrogens with zero attached hydrogens (tertiary/aromatic N) is 5. The molecule has 0 atom stereocenters. The summed E-state index contributed by atoms with van der Waals surface area (Å²) in [7, 11) is 0. The first kappa shape index (κ1) is 18.6. The molecule has 2 aliphatic heterocycles. The molecule has 0 bridgehead atoms. The highest BCUT2D eigenvalue weighted by atomic mass is 16.2. The molecule has 3 amide bonds. The fourth-order valence-electron chi connectivity index (χ4n) is 3.52. The minimum atomic E-state index is -0.233. The standard InChI is InChI=1S/C18H27N5O3/c1-14(2)18-19-5-6-22(18)12-9-20-7-10-21(11-8-20)17(26)13-23-15(24)3-4-16(23)25/h5-6,14H,3-4,7-13H2,1-2H3. The quantitative estimate of drug-likeness (QED) is 0.681. The lowest BCUT2D eigenvalue weighted by molar-refractivity contribution is -0.146. The van der Waals surface area contributed by atoms with E-state index in [0.29, 0.717) is 19.0 Å². The Bertz CT molecular complexity index is 660. The van der Waals surface area contributed by atoms with Crippen molar-refractivity contribution in [2.75, 3.05) is 39.3 Å². The summed E-state index contributed by atoms with van der Waals surface area (Å²) in [6.45, 7) is 8.85. The van der Waals surface area contributed by atoms with Gasteiger partial charge >= 0.3 is 0 Å². The first-order valence-electron chi connectivity index (χ1n) is 9.30. The Kier molecular flexibility index (Phi) is 5.70. The normalized spacial score (nSPS) is 19.0. The Hall–Kier alpha value is -2.22. The first-order chi connectivity index (χ1) is 12.5. The SMILES string of the molecule is CC(C)c1nccn1CCN1CCN(C(=O)CN2C(=O)CCC2=O)CC1. The van der Waals surface area contributed by atoms with E-state index < -0.39 is 0 Å². The lowest BCUT2D eigenvalue weighted by Gasteiger charge is -2.35. The molecule has 0 spiro atoms. The third kappa shape index (κ3) is 4.12. The van der Waals surface area contributed by atoms with Crippen LogP contribution in [0, 0.1) is 0 Å². The second-order valence-electron chi connectivity index (χ2n) is 7.23. The number of likely N-dealkylation sites (tertiary alicyclic amines) is 1. The molecule has 1 aromatic heterocycles. The topological polar surface area (TPSA) is 78.8 Å². The number of hydrogen-bond acceptors (Lipinski definition) is 5. The monoisotopic (exact) mass is 361 g/mol. The predicted molar refractivity (Wildman–Crippen MR) is 95.3 cm³/mol. The maximum atomic E-state index is 12.4. The van der Waals surface area contributed by atoms with Gasteiger partial charge in [0.05, 0.1) is 0 Å². The Morgan fingerprint density at radius 1 is 1.08 bits per heavy atom. The Morgan fingerprint density at radius 3 is 2.35 bits per heavy atom. The minimum Gasteiger partial charge on any atom is -0.339 e. The maximum Gasteiger partial charge on any atom is 0.242 e. The van der Waals surface area contributed by atoms with Gasteiger partial charge in [-0.3, -0.25) is 24.2 Å². The third-order valence-electron chi connectivity index (χ3n) is 5.09. The van der Waals surface area contributed by atoms with Crippen LogP contribution in [0.1, 0.15) is 38.4 Å². The molecular formula is C18H27N5O3. The highest BCUT2D eigenvalue weighted by molar-refractivity contribution is 6.04. The summed E-state index contributed by atoms with van der Waals surface area (Å²) in [4.78, 5) is 45.3. The molecule has 0 aromatic carbocycles. The molecule has 0 unspecified atom stereocenters. The molecule has 8 nitrogen and oxygen atoms in total. The lowest BCUT2D eigenvalue weighted by atomic mass is 10.2. The van der Waals surface area contributed by atoms with Crippen LogP contribution in [-0.4, -0.2) is 81.2 Å². The Morgan fingerprint density at radius 2 is 1.73 bits per heavy atom. The highest BCUT2D eigenvalue weighted by Crippen LogP contribution is 2.14. The zero-order valence-corrected chi connectivity index (χ0v) is 15.6. The van der Waals surface area contributed by atoms with Crippen LogP contribution in [0.4, 0.5) is 0 Å². The van der Waals surface area contributed by atoms with Gasteiger partial charge in [0.1, 0.15) is 12.4 Å². The third-order valence-corrected chi connectivity index (χ3v) is 5.09. The molecule has 3 heterocycles. The van der Waals surface area contributed by atoms with Gasteiger partial charge in [-0.05, 0) is 0 Å². The largest absolute Gasteiger partial charge is 0.339 e. The molecule has 142 valence electrons. The van der Waals surface area contributed by atoms with Crippen LogP contribution in [-0.2, 0) is 20.9 Å². The number of aromatic nitrogens is 2. The molecule has 8 heteroatoms. The predicted octanol–water partition coefficient (Wildman–Crippen LogP) is 0.300. The van der Waals surface area contributed by atoms with Crippen LogP contribution in [0.15, 0.2) is 12.4 Å². The van der Waals surface area contributed by atoms with E-state index >= 15 is 0 Å². The van der Waals surface area contributed by atoms with Crippen molar-refractivity contribution in [1.29, 1.82) is 0 Å². The van der Waals surface area contributed by atoms with Crippen molar-refractivity contribution in [3.05, 3.63) is 18.2 Å². The average Bonchev–Trinajstić information content (AvgIpc) is 3.22. The Labute approximate surface area is 153 Å². The molecule has 0 N–H and O–H groups in total. The zero-order valence-electron chi connectivity index (χ0n) is 15.6. The van der Waals surface area contributed by atoms with Crippen molar-refractivity contribution >= 4 is 17.7 Å². The van der Waals surface area contributed by atoms with E-state index in [1.54, 1.807) is 4.90 Å². The van der Waals surface area contributed by atoms with E-state index in [4.69, 9.17) is 0 Å². The number of imide groups is 1. The van der Waals surface area contributed by atoms with Crippen LogP contribution in [0.3, 0.4) is 0 Å². The summed E-state index contributed by atoms with van der Waals surface area (Å²) in [5, 5.41) is 0. The highest BCUT2D eigenvalue weighted by Gasteiger charge is 2.32. The van der Waals surface area contributed by atoms with Gasteiger partial charge < -0.3 is 9.47 Å². The number of hydrogen-bond donors (Lipinski definition) is 0. The molecule has 1 aromatic rings. The van der Waals surface area contributed by atoms with Crippen LogP contribution in [0.5, 0.6) is 0 Å². The number of carbonyl (C=O) groups excluding carboxylic acids is 3. The number of amides is 3. The maximum absolute atomic E-state index is 12.4. The van der Waals surface area contributed by atoms with Gasteiger partial charge in [-0.25, -0.2) is 4.98 Å². The van der Waals surface area contributed by atoms with Crippen LogP contribution >= 0.6 is 0 Å². The average molecular weight is 361 g/mol. The van der Waals surface area contributed by atoms with Crippen molar-refractivity contribution in [3.8, 4) is 0 Å². The fraction of sp³-hybridized carbons (Fsp3) is 0.667.